The zero-order valence-electron chi connectivity index (χ0n) is 11.2. The minimum atomic E-state index is -0.277. The lowest BCUT2D eigenvalue weighted by Crippen LogP contribution is -2.17. The lowest BCUT2D eigenvalue weighted by atomic mass is 10.2. The predicted molar refractivity (Wildman–Crippen MR) is 89.5 cm³/mol. The Bertz CT molecular complexity index is 745. The molecule has 0 unspecified atom stereocenters. The number of hydrazone groups is 1. The molecule has 3 rings (SSSR count). The summed E-state index contributed by atoms with van der Waals surface area (Å²) in [5.74, 6) is 1.06. The van der Waals surface area contributed by atoms with Gasteiger partial charge in [-0.2, -0.15) is 5.10 Å². The topological polar surface area (TPSA) is 59.9 Å². The van der Waals surface area contributed by atoms with E-state index in [9.17, 15) is 4.79 Å². The fourth-order valence-electron chi connectivity index (χ4n) is 1.86. The van der Waals surface area contributed by atoms with Gasteiger partial charge in [0.15, 0.2) is 11.5 Å². The van der Waals surface area contributed by atoms with Crippen LogP contribution in [-0.2, 0) is 0 Å². The van der Waals surface area contributed by atoms with E-state index < -0.39 is 0 Å². The molecule has 5 nitrogen and oxygen atoms in total. The van der Waals surface area contributed by atoms with Gasteiger partial charge in [0.1, 0.15) is 0 Å². The molecule has 0 aliphatic carbocycles. The number of halogens is 2. The SMILES string of the molecule is O=C(N/N=C\c1cc2c(cc1Br)OCO2)c1ccc(Br)cc1. The molecule has 0 fully saturated rings. The lowest BCUT2D eigenvalue weighted by Gasteiger charge is -2.02. The molecule has 1 N–H and O–H groups in total. The predicted octanol–water partition coefficient (Wildman–Crippen LogP) is 3.70. The van der Waals surface area contributed by atoms with Crippen molar-refractivity contribution in [2.75, 3.05) is 6.79 Å². The molecule has 1 heterocycles. The summed E-state index contributed by atoms with van der Waals surface area (Å²) in [5, 5.41) is 3.96. The summed E-state index contributed by atoms with van der Waals surface area (Å²) < 4.78 is 12.3. The first kappa shape index (κ1) is 15.1. The van der Waals surface area contributed by atoms with Gasteiger partial charge in [0.2, 0.25) is 6.79 Å². The van der Waals surface area contributed by atoms with Crippen LogP contribution >= 0.6 is 31.9 Å². The number of hydrogen-bond acceptors (Lipinski definition) is 4. The molecule has 0 saturated heterocycles. The van der Waals surface area contributed by atoms with Gasteiger partial charge in [0.05, 0.1) is 6.21 Å². The average Bonchev–Trinajstić information content (AvgIpc) is 2.95. The van der Waals surface area contributed by atoms with Crippen LogP contribution in [0.2, 0.25) is 0 Å². The van der Waals surface area contributed by atoms with E-state index in [2.05, 4.69) is 42.4 Å². The Hall–Kier alpha value is -1.86. The van der Waals surface area contributed by atoms with Gasteiger partial charge in [0.25, 0.3) is 5.91 Å². The van der Waals surface area contributed by atoms with Crippen molar-refractivity contribution < 1.29 is 14.3 Å². The van der Waals surface area contributed by atoms with Crippen LogP contribution in [0.1, 0.15) is 15.9 Å². The Balaban J connectivity index is 1.70. The molecule has 2 aromatic carbocycles. The maximum Gasteiger partial charge on any atom is 0.271 e. The van der Waals surface area contributed by atoms with E-state index in [-0.39, 0.29) is 12.7 Å². The van der Waals surface area contributed by atoms with Gasteiger partial charge in [-0.3, -0.25) is 4.79 Å². The Kier molecular flexibility index (Phi) is 4.44. The van der Waals surface area contributed by atoms with Crippen molar-refractivity contribution in [3.05, 3.63) is 56.5 Å². The average molecular weight is 426 g/mol. The molecule has 0 saturated carbocycles. The monoisotopic (exact) mass is 424 g/mol. The smallest absolute Gasteiger partial charge is 0.271 e. The van der Waals surface area contributed by atoms with Crippen molar-refractivity contribution in [2.24, 2.45) is 5.10 Å². The van der Waals surface area contributed by atoms with Crippen LogP contribution in [-0.4, -0.2) is 18.9 Å². The van der Waals surface area contributed by atoms with Crippen molar-refractivity contribution in [1.29, 1.82) is 0 Å². The van der Waals surface area contributed by atoms with Crippen molar-refractivity contribution in [3.8, 4) is 11.5 Å². The molecule has 0 radical (unpaired) electrons. The number of rotatable bonds is 3. The van der Waals surface area contributed by atoms with Crippen molar-refractivity contribution >= 4 is 44.0 Å². The highest BCUT2D eigenvalue weighted by Gasteiger charge is 2.15. The standard InChI is InChI=1S/C15H10Br2N2O3/c16-11-3-1-9(2-4-11)15(20)19-18-7-10-5-13-14(6-12(10)17)22-8-21-13/h1-7H,8H2,(H,19,20)/b18-7-. The van der Waals surface area contributed by atoms with Gasteiger partial charge in [-0.25, -0.2) is 5.43 Å². The molecule has 0 atom stereocenters. The van der Waals surface area contributed by atoms with Crippen LogP contribution in [0, 0.1) is 0 Å². The van der Waals surface area contributed by atoms with E-state index in [1.807, 2.05) is 0 Å². The second kappa shape index (κ2) is 6.50. The molecule has 0 aromatic heterocycles. The Labute approximate surface area is 143 Å². The van der Waals surface area contributed by atoms with E-state index in [1.165, 1.54) is 0 Å². The Morgan fingerprint density at radius 3 is 2.55 bits per heavy atom. The summed E-state index contributed by atoms with van der Waals surface area (Å²) in [7, 11) is 0. The van der Waals surface area contributed by atoms with Gasteiger partial charge in [0, 0.05) is 20.1 Å². The van der Waals surface area contributed by atoms with Gasteiger partial charge in [-0.15, -0.1) is 0 Å². The maximum absolute atomic E-state index is 11.9. The van der Waals surface area contributed by atoms with E-state index in [0.29, 0.717) is 17.1 Å². The normalized spacial score (nSPS) is 12.6. The highest BCUT2D eigenvalue weighted by atomic mass is 79.9. The van der Waals surface area contributed by atoms with Crippen LogP contribution in [0.3, 0.4) is 0 Å². The summed E-state index contributed by atoms with van der Waals surface area (Å²) in [6.45, 7) is 0.211. The molecule has 0 spiro atoms. The number of ether oxygens (including phenoxy) is 2. The minimum Gasteiger partial charge on any atom is -0.454 e. The number of nitrogens with zero attached hydrogens (tertiary/aromatic N) is 1. The van der Waals surface area contributed by atoms with E-state index >= 15 is 0 Å². The van der Waals surface area contributed by atoms with E-state index in [0.717, 1.165) is 14.5 Å². The van der Waals surface area contributed by atoms with Crippen LogP contribution < -0.4 is 14.9 Å². The highest BCUT2D eigenvalue weighted by molar-refractivity contribution is 9.10. The molecule has 2 aromatic rings. The molecular formula is C15H10Br2N2O3. The molecule has 1 aliphatic rings. The molecule has 112 valence electrons. The second-order valence-corrected chi connectivity index (χ2v) is 6.20. The molecule has 1 amide bonds. The third-order valence-electron chi connectivity index (χ3n) is 2.97. The number of carbonyl (C=O) groups excluding carboxylic acids is 1. The number of hydrogen-bond donors (Lipinski definition) is 1. The number of benzene rings is 2. The zero-order chi connectivity index (χ0) is 15.5. The summed E-state index contributed by atoms with van der Waals surface area (Å²) in [5.41, 5.74) is 3.79. The van der Waals surface area contributed by atoms with Gasteiger partial charge in [-0.05, 0) is 52.3 Å². The van der Waals surface area contributed by atoms with Crippen LogP contribution in [0.15, 0.2) is 50.4 Å². The lowest BCUT2D eigenvalue weighted by molar-refractivity contribution is 0.0955. The van der Waals surface area contributed by atoms with Gasteiger partial charge in [-0.1, -0.05) is 15.9 Å². The number of carbonyl (C=O) groups is 1. The number of fused-ring (bicyclic) bond motifs is 1. The van der Waals surface area contributed by atoms with Crippen LogP contribution in [0.25, 0.3) is 0 Å². The third kappa shape index (κ3) is 3.31. The first-order valence-corrected chi connectivity index (χ1v) is 7.90. The molecule has 22 heavy (non-hydrogen) atoms. The summed E-state index contributed by atoms with van der Waals surface area (Å²) in [4.78, 5) is 11.9. The zero-order valence-corrected chi connectivity index (χ0v) is 14.3. The minimum absolute atomic E-state index is 0.211. The fourth-order valence-corrected chi connectivity index (χ4v) is 2.55. The van der Waals surface area contributed by atoms with E-state index in [1.54, 1.807) is 42.6 Å². The maximum atomic E-state index is 11.9. The summed E-state index contributed by atoms with van der Waals surface area (Å²) in [6, 6.07) is 10.6. The van der Waals surface area contributed by atoms with Gasteiger partial charge < -0.3 is 9.47 Å². The van der Waals surface area contributed by atoms with Crippen molar-refractivity contribution in [1.82, 2.24) is 5.43 Å². The number of amides is 1. The summed E-state index contributed by atoms with van der Waals surface area (Å²) in [6.07, 6.45) is 1.54. The molecule has 7 heteroatoms. The third-order valence-corrected chi connectivity index (χ3v) is 4.18. The highest BCUT2D eigenvalue weighted by Crippen LogP contribution is 2.36. The largest absolute Gasteiger partial charge is 0.454 e. The van der Waals surface area contributed by atoms with E-state index in [4.69, 9.17) is 9.47 Å². The van der Waals surface area contributed by atoms with Crippen LogP contribution in [0.5, 0.6) is 11.5 Å². The second-order valence-electron chi connectivity index (χ2n) is 4.43. The first-order chi connectivity index (χ1) is 10.6. The first-order valence-electron chi connectivity index (χ1n) is 6.31. The summed E-state index contributed by atoms with van der Waals surface area (Å²) >= 11 is 6.75. The van der Waals surface area contributed by atoms with Gasteiger partial charge >= 0.3 is 0 Å². The molecule has 1 aliphatic heterocycles. The Morgan fingerprint density at radius 1 is 1.14 bits per heavy atom. The molecule has 0 bridgehead atoms. The fraction of sp³-hybridized carbons (Fsp3) is 0.0667. The molecular weight excluding hydrogens is 416 g/mol. The van der Waals surface area contributed by atoms with Crippen molar-refractivity contribution in [2.45, 2.75) is 0 Å². The van der Waals surface area contributed by atoms with Crippen molar-refractivity contribution in [3.63, 3.8) is 0 Å². The number of nitrogens with one attached hydrogen (secondary N) is 1. The quantitative estimate of drug-likeness (QED) is 0.602. The Morgan fingerprint density at radius 2 is 1.82 bits per heavy atom. The van der Waals surface area contributed by atoms with Crippen LogP contribution in [0.4, 0.5) is 0 Å².